The summed E-state index contributed by atoms with van der Waals surface area (Å²) in [6.07, 6.45) is 7.76. The zero-order valence-electron chi connectivity index (χ0n) is 22.2. The molecule has 0 radical (unpaired) electrons. The lowest BCUT2D eigenvalue weighted by atomic mass is 9.86. The summed E-state index contributed by atoms with van der Waals surface area (Å²) >= 11 is 1.99. The SMILES string of the molecule is O=C(O)C(C[C@H]1CCC2(C1)O[C@H](c1ccccc1)[C@@H](c1ccccc1)O2)c1ccc(SC2CC2)c(C2CC2)c1. The molecule has 4 aliphatic rings. The van der Waals surface area contributed by atoms with Gasteiger partial charge in [0.2, 0.25) is 0 Å². The van der Waals surface area contributed by atoms with Crippen LogP contribution in [0.2, 0.25) is 0 Å². The Hall–Kier alpha value is -2.60. The molecule has 4 fully saturated rings. The van der Waals surface area contributed by atoms with Crippen molar-refractivity contribution in [3.8, 4) is 0 Å². The molecule has 0 aromatic heterocycles. The van der Waals surface area contributed by atoms with Crippen molar-refractivity contribution in [1.29, 1.82) is 0 Å². The van der Waals surface area contributed by atoms with Crippen molar-refractivity contribution in [3.63, 3.8) is 0 Å². The van der Waals surface area contributed by atoms with Gasteiger partial charge in [0.1, 0.15) is 12.2 Å². The predicted octanol–water partition coefficient (Wildman–Crippen LogP) is 8.40. The second kappa shape index (κ2) is 10.4. The van der Waals surface area contributed by atoms with Crippen LogP contribution in [0.4, 0.5) is 0 Å². The number of ether oxygens (including phenoxy) is 2. The topological polar surface area (TPSA) is 55.8 Å². The summed E-state index contributed by atoms with van der Waals surface area (Å²) in [4.78, 5) is 14.0. The van der Waals surface area contributed by atoms with Gasteiger partial charge in [-0.3, -0.25) is 4.79 Å². The highest BCUT2D eigenvalue weighted by molar-refractivity contribution is 8.00. The Balaban J connectivity index is 1.10. The van der Waals surface area contributed by atoms with Crippen LogP contribution in [0.1, 0.15) is 97.7 Å². The van der Waals surface area contributed by atoms with E-state index in [0.29, 0.717) is 12.3 Å². The van der Waals surface area contributed by atoms with Crippen molar-refractivity contribution in [2.24, 2.45) is 5.92 Å². The van der Waals surface area contributed by atoms with Crippen LogP contribution in [0.25, 0.3) is 0 Å². The molecule has 1 N–H and O–H groups in total. The summed E-state index contributed by atoms with van der Waals surface area (Å²) in [7, 11) is 0. The largest absolute Gasteiger partial charge is 0.481 e. The molecule has 39 heavy (non-hydrogen) atoms. The lowest BCUT2D eigenvalue weighted by Crippen LogP contribution is -2.27. The number of carbonyl (C=O) groups is 1. The van der Waals surface area contributed by atoms with Crippen molar-refractivity contribution in [2.45, 2.75) is 91.3 Å². The van der Waals surface area contributed by atoms with E-state index in [-0.39, 0.29) is 18.1 Å². The van der Waals surface area contributed by atoms with E-state index in [1.807, 2.05) is 48.2 Å². The molecule has 3 aromatic rings. The molecule has 3 saturated carbocycles. The lowest BCUT2D eigenvalue weighted by molar-refractivity contribution is -0.173. The van der Waals surface area contributed by atoms with Gasteiger partial charge in [0.15, 0.2) is 5.79 Å². The molecule has 202 valence electrons. The molecule has 3 aliphatic carbocycles. The average molecular weight is 541 g/mol. The molecule has 1 spiro atoms. The second-order valence-corrected chi connectivity index (χ2v) is 13.3. The van der Waals surface area contributed by atoms with Crippen molar-refractivity contribution in [2.75, 3.05) is 0 Å². The zero-order valence-corrected chi connectivity index (χ0v) is 23.0. The van der Waals surface area contributed by atoms with Crippen LogP contribution in [0.15, 0.2) is 83.8 Å². The first kappa shape index (κ1) is 25.4. The van der Waals surface area contributed by atoms with Crippen LogP contribution < -0.4 is 0 Å². The van der Waals surface area contributed by atoms with Gasteiger partial charge in [0.05, 0.1) is 5.92 Å². The molecule has 4 atom stereocenters. The van der Waals surface area contributed by atoms with Gasteiger partial charge in [-0.25, -0.2) is 0 Å². The summed E-state index contributed by atoms with van der Waals surface area (Å²) in [6, 6.07) is 27.2. The standard InChI is InChI=1S/C34H36O4S/c35-33(36)29(26-13-16-30(39-27-14-15-27)28(20-26)23-11-12-23)19-22-17-18-34(21-22)37-31(24-7-3-1-4-8-24)32(38-34)25-9-5-2-6-10-25/h1-10,13,16,20,22-23,27,29,31-32H,11-12,14-15,17-19,21H2,(H,35,36)/t22-,29?,31-,32-/m1/s1. The Kier molecular flexibility index (Phi) is 6.78. The number of benzene rings is 3. The molecule has 1 saturated heterocycles. The molecular formula is C34H36O4S. The van der Waals surface area contributed by atoms with Crippen LogP contribution in [0, 0.1) is 5.92 Å². The van der Waals surface area contributed by atoms with Gasteiger partial charge in [0, 0.05) is 23.0 Å². The van der Waals surface area contributed by atoms with E-state index < -0.39 is 17.7 Å². The van der Waals surface area contributed by atoms with E-state index in [1.54, 1.807) is 0 Å². The van der Waals surface area contributed by atoms with Crippen LogP contribution in [0.3, 0.4) is 0 Å². The highest BCUT2D eigenvalue weighted by atomic mass is 32.2. The molecule has 1 aliphatic heterocycles. The van der Waals surface area contributed by atoms with E-state index in [9.17, 15) is 9.90 Å². The molecule has 0 bridgehead atoms. The van der Waals surface area contributed by atoms with Gasteiger partial charge in [-0.2, -0.15) is 0 Å². The third kappa shape index (κ3) is 5.41. The maximum Gasteiger partial charge on any atom is 0.310 e. The van der Waals surface area contributed by atoms with Gasteiger partial charge < -0.3 is 14.6 Å². The van der Waals surface area contributed by atoms with Crippen molar-refractivity contribution in [3.05, 3.63) is 101 Å². The summed E-state index contributed by atoms with van der Waals surface area (Å²) in [5.41, 5.74) is 4.58. The van der Waals surface area contributed by atoms with E-state index in [1.165, 1.54) is 36.1 Å². The smallest absolute Gasteiger partial charge is 0.310 e. The summed E-state index contributed by atoms with van der Waals surface area (Å²) < 4.78 is 13.6. The van der Waals surface area contributed by atoms with Gasteiger partial charge in [-0.1, -0.05) is 72.8 Å². The Morgan fingerprint density at radius 3 is 2.08 bits per heavy atom. The number of aliphatic carboxylic acids is 1. The van der Waals surface area contributed by atoms with Crippen molar-refractivity contribution < 1.29 is 19.4 Å². The first-order valence-electron chi connectivity index (χ1n) is 14.6. The molecule has 0 amide bonds. The molecule has 7 rings (SSSR count). The van der Waals surface area contributed by atoms with Crippen LogP contribution in [0.5, 0.6) is 0 Å². The van der Waals surface area contributed by atoms with Crippen molar-refractivity contribution >= 4 is 17.7 Å². The van der Waals surface area contributed by atoms with E-state index in [0.717, 1.165) is 41.2 Å². The number of thioether (sulfide) groups is 1. The first-order valence-corrected chi connectivity index (χ1v) is 15.4. The van der Waals surface area contributed by atoms with Gasteiger partial charge in [-0.05, 0) is 78.7 Å². The highest BCUT2D eigenvalue weighted by Gasteiger charge is 2.53. The highest BCUT2D eigenvalue weighted by Crippen LogP contribution is 2.55. The third-order valence-electron chi connectivity index (χ3n) is 8.89. The molecular weight excluding hydrogens is 504 g/mol. The molecule has 3 aromatic carbocycles. The Bertz CT molecular complexity index is 1270. The van der Waals surface area contributed by atoms with Gasteiger partial charge in [-0.15, -0.1) is 11.8 Å². The maximum absolute atomic E-state index is 12.6. The number of carboxylic acid groups (broad SMARTS) is 1. The van der Waals surface area contributed by atoms with E-state index in [4.69, 9.17) is 9.47 Å². The van der Waals surface area contributed by atoms with Crippen LogP contribution in [-0.2, 0) is 14.3 Å². The number of rotatable bonds is 9. The quantitative estimate of drug-likeness (QED) is 0.295. The van der Waals surface area contributed by atoms with Gasteiger partial charge >= 0.3 is 5.97 Å². The molecule has 5 heteroatoms. The summed E-state index contributed by atoms with van der Waals surface area (Å²) in [5, 5.41) is 11.1. The maximum atomic E-state index is 12.6. The minimum Gasteiger partial charge on any atom is -0.481 e. The Labute approximate surface area is 235 Å². The van der Waals surface area contributed by atoms with Crippen LogP contribution in [-0.4, -0.2) is 22.1 Å². The molecule has 1 heterocycles. The van der Waals surface area contributed by atoms with Crippen molar-refractivity contribution in [1.82, 2.24) is 0 Å². The monoisotopic (exact) mass is 540 g/mol. The first-order chi connectivity index (χ1) is 19.1. The minimum atomic E-state index is -0.724. The fourth-order valence-corrected chi connectivity index (χ4v) is 7.79. The van der Waals surface area contributed by atoms with Crippen LogP contribution >= 0.6 is 11.8 Å². The van der Waals surface area contributed by atoms with Gasteiger partial charge in [0.25, 0.3) is 0 Å². The summed E-state index contributed by atoms with van der Waals surface area (Å²) in [5.74, 6) is -1.04. The number of hydrogen-bond donors (Lipinski definition) is 1. The van der Waals surface area contributed by atoms with E-state index >= 15 is 0 Å². The molecule has 4 nitrogen and oxygen atoms in total. The normalized spacial score (nSPS) is 26.6. The summed E-state index contributed by atoms with van der Waals surface area (Å²) in [6.45, 7) is 0. The average Bonchev–Trinajstić information content (AvgIpc) is 3.90. The minimum absolute atomic E-state index is 0.180. The fourth-order valence-electron chi connectivity index (χ4n) is 6.55. The lowest BCUT2D eigenvalue weighted by Gasteiger charge is -2.24. The Morgan fingerprint density at radius 2 is 1.51 bits per heavy atom. The van der Waals surface area contributed by atoms with E-state index in [2.05, 4.69) is 42.5 Å². The zero-order chi connectivity index (χ0) is 26.4. The molecule has 1 unspecified atom stereocenters. The second-order valence-electron chi connectivity index (χ2n) is 11.9. The fraction of sp³-hybridized carbons (Fsp3) is 0.441. The number of hydrogen-bond acceptors (Lipinski definition) is 4. The third-order valence-corrected chi connectivity index (χ3v) is 10.3. The Morgan fingerprint density at radius 1 is 0.872 bits per heavy atom. The predicted molar refractivity (Wildman–Crippen MR) is 153 cm³/mol. The number of carboxylic acids is 1.